The lowest BCUT2D eigenvalue weighted by Gasteiger charge is -2.27. The van der Waals surface area contributed by atoms with Crippen molar-refractivity contribution in [3.05, 3.63) is 0 Å². The highest BCUT2D eigenvalue weighted by Crippen LogP contribution is 2.26. The van der Waals surface area contributed by atoms with Crippen LogP contribution in [0.4, 0.5) is 0 Å². The Labute approximate surface area is 90.2 Å². The standard InChI is InChI=1S/C11H19NO3/c1-8-10(4-6-15-8)11(14)12-5-2-3-9(12)7-13/h8-10,13H,2-7H2,1H3/t8?,9-,10?/m1/s1. The van der Waals surface area contributed by atoms with Gasteiger partial charge in [0, 0.05) is 13.2 Å². The maximum absolute atomic E-state index is 12.2. The topological polar surface area (TPSA) is 49.8 Å². The van der Waals surface area contributed by atoms with Crippen LogP contribution in [0.3, 0.4) is 0 Å². The molecule has 0 aromatic carbocycles. The lowest BCUT2D eigenvalue weighted by molar-refractivity contribution is -0.138. The van der Waals surface area contributed by atoms with Crippen LogP contribution < -0.4 is 0 Å². The molecule has 86 valence electrons. The van der Waals surface area contributed by atoms with Gasteiger partial charge >= 0.3 is 0 Å². The first-order valence-electron chi connectivity index (χ1n) is 5.77. The number of amides is 1. The Balaban J connectivity index is 2.00. The fraction of sp³-hybridized carbons (Fsp3) is 0.909. The number of aliphatic hydroxyl groups is 1. The molecular formula is C11H19NO3. The van der Waals surface area contributed by atoms with E-state index in [1.54, 1.807) is 0 Å². The van der Waals surface area contributed by atoms with Crippen molar-refractivity contribution in [1.82, 2.24) is 4.90 Å². The molecule has 2 unspecified atom stereocenters. The molecule has 0 aromatic rings. The van der Waals surface area contributed by atoms with Crippen LogP contribution in [0, 0.1) is 5.92 Å². The molecule has 0 aliphatic carbocycles. The normalized spacial score (nSPS) is 36.1. The van der Waals surface area contributed by atoms with E-state index in [0.717, 1.165) is 25.8 Å². The minimum Gasteiger partial charge on any atom is -0.394 e. The van der Waals surface area contributed by atoms with Crippen molar-refractivity contribution in [3.8, 4) is 0 Å². The van der Waals surface area contributed by atoms with Gasteiger partial charge in [-0.25, -0.2) is 0 Å². The van der Waals surface area contributed by atoms with Gasteiger partial charge in [0.25, 0.3) is 0 Å². The second-order valence-electron chi connectivity index (χ2n) is 4.48. The van der Waals surface area contributed by atoms with Crippen molar-refractivity contribution in [2.24, 2.45) is 5.92 Å². The molecule has 2 rings (SSSR count). The van der Waals surface area contributed by atoms with Crippen molar-refractivity contribution in [2.45, 2.75) is 38.3 Å². The predicted octanol–water partition coefficient (Wildman–Crippen LogP) is 0.395. The summed E-state index contributed by atoms with van der Waals surface area (Å²) in [7, 11) is 0. The van der Waals surface area contributed by atoms with Crippen LogP contribution in [-0.4, -0.2) is 47.8 Å². The molecule has 2 aliphatic rings. The summed E-state index contributed by atoms with van der Waals surface area (Å²) in [6, 6.07) is 0.0466. The highest BCUT2D eigenvalue weighted by molar-refractivity contribution is 5.80. The molecule has 1 N–H and O–H groups in total. The molecule has 0 radical (unpaired) electrons. The van der Waals surface area contributed by atoms with E-state index in [9.17, 15) is 4.79 Å². The Morgan fingerprint density at radius 2 is 2.33 bits per heavy atom. The monoisotopic (exact) mass is 213 g/mol. The number of carbonyl (C=O) groups excluding carboxylic acids is 1. The Bertz CT molecular complexity index is 244. The number of ether oxygens (including phenoxy) is 1. The molecule has 1 amide bonds. The summed E-state index contributed by atoms with van der Waals surface area (Å²) >= 11 is 0. The van der Waals surface area contributed by atoms with Crippen molar-refractivity contribution in [3.63, 3.8) is 0 Å². The molecule has 2 aliphatic heterocycles. The van der Waals surface area contributed by atoms with Crippen molar-refractivity contribution >= 4 is 5.91 Å². The number of hydrogen-bond donors (Lipinski definition) is 1. The molecule has 0 bridgehead atoms. The third-order valence-electron chi connectivity index (χ3n) is 3.56. The lowest BCUT2D eigenvalue weighted by Crippen LogP contribution is -2.43. The quantitative estimate of drug-likeness (QED) is 0.722. The van der Waals surface area contributed by atoms with Crippen molar-refractivity contribution in [1.29, 1.82) is 0 Å². The Morgan fingerprint density at radius 1 is 1.53 bits per heavy atom. The highest BCUT2D eigenvalue weighted by Gasteiger charge is 2.37. The summed E-state index contributed by atoms with van der Waals surface area (Å²) in [4.78, 5) is 14.0. The summed E-state index contributed by atoms with van der Waals surface area (Å²) in [5.74, 6) is 0.189. The van der Waals surface area contributed by atoms with E-state index in [1.807, 2.05) is 11.8 Å². The van der Waals surface area contributed by atoms with Crippen molar-refractivity contribution in [2.75, 3.05) is 19.8 Å². The largest absolute Gasteiger partial charge is 0.394 e. The number of nitrogens with zero attached hydrogens (tertiary/aromatic N) is 1. The maximum Gasteiger partial charge on any atom is 0.228 e. The van der Waals surface area contributed by atoms with Crippen LogP contribution in [0.5, 0.6) is 0 Å². The second-order valence-corrected chi connectivity index (χ2v) is 4.48. The van der Waals surface area contributed by atoms with E-state index in [2.05, 4.69) is 0 Å². The van der Waals surface area contributed by atoms with E-state index >= 15 is 0 Å². The summed E-state index contributed by atoms with van der Waals surface area (Å²) in [5.41, 5.74) is 0. The summed E-state index contributed by atoms with van der Waals surface area (Å²) < 4.78 is 5.41. The third kappa shape index (κ3) is 2.01. The molecule has 2 heterocycles. The molecule has 0 aromatic heterocycles. The maximum atomic E-state index is 12.2. The number of carbonyl (C=O) groups is 1. The molecule has 4 heteroatoms. The summed E-state index contributed by atoms with van der Waals surface area (Å²) in [6.45, 7) is 3.54. The third-order valence-corrected chi connectivity index (χ3v) is 3.56. The molecule has 2 saturated heterocycles. The van der Waals surface area contributed by atoms with E-state index in [0.29, 0.717) is 6.61 Å². The smallest absolute Gasteiger partial charge is 0.228 e. The first-order valence-corrected chi connectivity index (χ1v) is 5.77. The SMILES string of the molecule is CC1OCCC1C(=O)N1CCC[C@@H]1CO. The minimum absolute atomic E-state index is 0.0112. The molecule has 0 saturated carbocycles. The van der Waals surface area contributed by atoms with E-state index in [-0.39, 0.29) is 30.6 Å². The molecule has 4 nitrogen and oxygen atoms in total. The predicted molar refractivity (Wildman–Crippen MR) is 55.3 cm³/mol. The van der Waals surface area contributed by atoms with Gasteiger partial charge in [-0.1, -0.05) is 0 Å². The first-order chi connectivity index (χ1) is 7.24. The second kappa shape index (κ2) is 4.49. The van der Waals surface area contributed by atoms with E-state index in [4.69, 9.17) is 9.84 Å². The zero-order chi connectivity index (χ0) is 10.8. The Morgan fingerprint density at radius 3 is 2.93 bits per heavy atom. The number of likely N-dealkylation sites (tertiary alicyclic amines) is 1. The number of hydrogen-bond acceptors (Lipinski definition) is 3. The lowest BCUT2D eigenvalue weighted by atomic mass is 10.0. The summed E-state index contributed by atoms with van der Waals surface area (Å²) in [6.07, 6.45) is 2.81. The van der Waals surface area contributed by atoms with E-state index in [1.165, 1.54) is 0 Å². The van der Waals surface area contributed by atoms with Gasteiger partial charge in [-0.3, -0.25) is 4.79 Å². The Kier molecular flexibility index (Phi) is 3.26. The van der Waals surface area contributed by atoms with Crippen molar-refractivity contribution < 1.29 is 14.6 Å². The van der Waals surface area contributed by atoms with Gasteiger partial charge in [0.05, 0.1) is 24.7 Å². The molecule has 2 fully saturated rings. The van der Waals surface area contributed by atoms with E-state index < -0.39 is 0 Å². The average Bonchev–Trinajstić information content (AvgIpc) is 2.84. The molecule has 15 heavy (non-hydrogen) atoms. The zero-order valence-electron chi connectivity index (χ0n) is 9.19. The first kappa shape index (κ1) is 10.9. The Hall–Kier alpha value is -0.610. The van der Waals surface area contributed by atoms with Crippen LogP contribution in [0.2, 0.25) is 0 Å². The number of aliphatic hydroxyl groups excluding tert-OH is 1. The van der Waals surface area contributed by atoms with Gasteiger partial charge in [0.2, 0.25) is 5.91 Å². The van der Waals surface area contributed by atoms with Crippen LogP contribution in [0.15, 0.2) is 0 Å². The van der Waals surface area contributed by atoms with Gasteiger partial charge in [0.1, 0.15) is 0 Å². The number of rotatable bonds is 2. The average molecular weight is 213 g/mol. The minimum atomic E-state index is 0.0112. The summed E-state index contributed by atoms with van der Waals surface area (Å²) in [5, 5.41) is 9.17. The van der Waals surface area contributed by atoms with Gasteiger partial charge in [-0.2, -0.15) is 0 Å². The van der Waals surface area contributed by atoms with Crippen LogP contribution in [0.25, 0.3) is 0 Å². The van der Waals surface area contributed by atoms with Gasteiger partial charge in [0.15, 0.2) is 0 Å². The highest BCUT2D eigenvalue weighted by atomic mass is 16.5. The molecule has 0 spiro atoms. The fourth-order valence-corrected chi connectivity index (χ4v) is 2.58. The molecule has 3 atom stereocenters. The van der Waals surface area contributed by atoms with Gasteiger partial charge in [-0.05, 0) is 26.2 Å². The molecular weight excluding hydrogens is 194 g/mol. The van der Waals surface area contributed by atoms with Crippen LogP contribution in [0.1, 0.15) is 26.2 Å². The van der Waals surface area contributed by atoms with Gasteiger partial charge in [-0.15, -0.1) is 0 Å². The van der Waals surface area contributed by atoms with Crippen LogP contribution >= 0.6 is 0 Å². The zero-order valence-corrected chi connectivity index (χ0v) is 9.19. The van der Waals surface area contributed by atoms with Gasteiger partial charge < -0.3 is 14.7 Å². The van der Waals surface area contributed by atoms with Crippen LogP contribution in [-0.2, 0) is 9.53 Å². The fourth-order valence-electron chi connectivity index (χ4n) is 2.58.